The lowest BCUT2D eigenvalue weighted by Crippen LogP contribution is -2.29. The minimum Gasteiger partial charge on any atom is -0.462 e. The molecule has 0 spiro atoms. The Balaban J connectivity index is 4.11. The van der Waals surface area contributed by atoms with Crippen LogP contribution in [-0.4, -0.2) is 43.3 Å². The van der Waals surface area contributed by atoms with E-state index in [-0.39, 0.29) is 19.4 Å². The van der Waals surface area contributed by atoms with E-state index in [1.165, 1.54) is 25.7 Å². The Bertz CT molecular complexity index is 1290. The van der Waals surface area contributed by atoms with Crippen molar-refractivity contribution in [3.8, 4) is 0 Å². The zero-order valence-corrected chi connectivity index (χ0v) is 36.6. The van der Waals surface area contributed by atoms with Gasteiger partial charge < -0.3 is 14.4 Å². The molecule has 0 bridgehead atoms. The van der Waals surface area contributed by atoms with Crippen molar-refractivity contribution in [2.45, 2.75) is 161 Å². The summed E-state index contributed by atoms with van der Waals surface area (Å²) in [6.07, 6.45) is 58.6. The first-order valence-electron chi connectivity index (χ1n) is 21.6. The monoisotopic (exact) mass is 813 g/mol. The second-order valence-electron chi connectivity index (χ2n) is 13.7. The van der Waals surface area contributed by atoms with Gasteiger partial charge in [-0.3, -0.25) is 18.6 Å². The van der Waals surface area contributed by atoms with E-state index in [4.69, 9.17) is 14.0 Å². The van der Waals surface area contributed by atoms with E-state index >= 15 is 0 Å². The second-order valence-corrected chi connectivity index (χ2v) is 15.3. The number of ether oxygens (including phenoxy) is 2. The molecule has 0 amide bonds. The molecule has 0 heterocycles. The van der Waals surface area contributed by atoms with Gasteiger partial charge in [-0.15, -0.1) is 0 Å². The number of carbonyl (C=O) groups excluding carboxylic acids is 2. The number of hydrogen-bond donors (Lipinski definition) is 1. The standard InChI is InChI=1S/C48H77O8P/c1-4-6-8-10-12-14-16-18-20-22-23-24-25-27-28-30-32-34-36-38-40-42-47(49)54-44-46(45-55-57(51,52)53-3)56-48(50)43-41-39-37-35-33-31-29-26-21-19-17-15-13-11-9-7-5-2/h6-9,12-15,18-21,23-24,29,31,35,37,46H,4-5,10-11,16-17,22,25-28,30,32-34,36,38-45H2,1-3H3,(H,51,52)/b8-6-,9-7-,14-12-,15-13-,20-18-,21-19-,24-23-,31-29-,37-35-. The maximum absolute atomic E-state index is 12.5. The summed E-state index contributed by atoms with van der Waals surface area (Å²) >= 11 is 0. The summed E-state index contributed by atoms with van der Waals surface area (Å²) in [6.45, 7) is 3.59. The molecule has 0 rings (SSSR count). The van der Waals surface area contributed by atoms with Crippen LogP contribution in [0.4, 0.5) is 0 Å². The number of hydrogen-bond acceptors (Lipinski definition) is 7. The van der Waals surface area contributed by atoms with Crippen molar-refractivity contribution in [3.05, 3.63) is 109 Å². The number of phosphoric acid groups is 1. The first-order chi connectivity index (χ1) is 27.8. The number of unbranched alkanes of at least 4 members (excludes halogenated alkanes) is 9. The Hall–Kier alpha value is -3.29. The fourth-order valence-corrected chi connectivity index (χ4v) is 5.73. The van der Waals surface area contributed by atoms with Crippen molar-refractivity contribution in [2.75, 3.05) is 20.3 Å². The van der Waals surface area contributed by atoms with Crippen LogP contribution in [0.1, 0.15) is 155 Å². The molecule has 0 aliphatic heterocycles. The Kier molecular flexibility index (Phi) is 39.9. The Labute approximate surface area is 347 Å². The largest absolute Gasteiger partial charge is 0.472 e. The Morgan fingerprint density at radius 1 is 0.491 bits per heavy atom. The van der Waals surface area contributed by atoms with Gasteiger partial charge in [-0.05, 0) is 89.9 Å². The molecule has 0 aromatic rings. The molecule has 0 aliphatic rings. The fraction of sp³-hybridized carbons (Fsp3) is 0.583. The number of carbonyl (C=O) groups is 2. The topological polar surface area (TPSA) is 108 Å². The minimum atomic E-state index is -4.29. The van der Waals surface area contributed by atoms with Crippen molar-refractivity contribution in [3.63, 3.8) is 0 Å². The average molecular weight is 813 g/mol. The molecule has 0 saturated heterocycles. The predicted molar refractivity (Wildman–Crippen MR) is 239 cm³/mol. The first kappa shape index (κ1) is 53.7. The highest BCUT2D eigenvalue weighted by Crippen LogP contribution is 2.42. The molecule has 322 valence electrons. The lowest BCUT2D eigenvalue weighted by molar-refractivity contribution is -0.161. The minimum absolute atomic E-state index is 0.158. The van der Waals surface area contributed by atoms with E-state index in [1.807, 2.05) is 6.08 Å². The van der Waals surface area contributed by atoms with Crippen molar-refractivity contribution >= 4 is 19.8 Å². The normalized spacial score (nSPS) is 14.4. The maximum atomic E-state index is 12.5. The van der Waals surface area contributed by atoms with Gasteiger partial charge in [0, 0.05) is 20.0 Å². The maximum Gasteiger partial charge on any atom is 0.472 e. The third-order valence-corrected chi connectivity index (χ3v) is 9.45. The summed E-state index contributed by atoms with van der Waals surface area (Å²) in [5, 5.41) is 0. The molecular formula is C48H77O8P. The molecule has 0 radical (unpaired) electrons. The summed E-state index contributed by atoms with van der Waals surface area (Å²) < 4.78 is 31.9. The van der Waals surface area contributed by atoms with Gasteiger partial charge in [0.15, 0.2) is 6.10 Å². The third-order valence-electron chi connectivity index (χ3n) is 8.51. The summed E-state index contributed by atoms with van der Waals surface area (Å²) in [4.78, 5) is 34.5. The van der Waals surface area contributed by atoms with Gasteiger partial charge in [-0.1, -0.05) is 162 Å². The predicted octanol–water partition coefficient (Wildman–Crippen LogP) is 13.8. The average Bonchev–Trinajstić information content (AvgIpc) is 3.20. The van der Waals surface area contributed by atoms with Crippen molar-refractivity contribution in [1.29, 1.82) is 0 Å². The van der Waals surface area contributed by atoms with E-state index in [9.17, 15) is 19.0 Å². The van der Waals surface area contributed by atoms with Gasteiger partial charge >= 0.3 is 19.8 Å². The molecule has 0 aromatic heterocycles. The van der Waals surface area contributed by atoms with Crippen LogP contribution in [0.15, 0.2) is 109 Å². The Morgan fingerprint density at radius 3 is 1.30 bits per heavy atom. The van der Waals surface area contributed by atoms with Crippen LogP contribution in [0.25, 0.3) is 0 Å². The summed E-state index contributed by atoms with van der Waals surface area (Å²) in [7, 11) is -3.24. The van der Waals surface area contributed by atoms with Crippen LogP contribution in [-0.2, 0) is 32.7 Å². The molecule has 0 aromatic carbocycles. The Morgan fingerprint density at radius 2 is 0.860 bits per heavy atom. The third kappa shape index (κ3) is 42.1. The van der Waals surface area contributed by atoms with Gasteiger partial charge in [0.25, 0.3) is 0 Å². The van der Waals surface area contributed by atoms with E-state index in [1.54, 1.807) is 0 Å². The van der Waals surface area contributed by atoms with Crippen LogP contribution < -0.4 is 0 Å². The van der Waals surface area contributed by atoms with E-state index < -0.39 is 32.5 Å². The van der Waals surface area contributed by atoms with Gasteiger partial charge in [0.05, 0.1) is 6.61 Å². The van der Waals surface area contributed by atoms with E-state index in [0.717, 1.165) is 97.0 Å². The van der Waals surface area contributed by atoms with Crippen LogP contribution in [0.5, 0.6) is 0 Å². The van der Waals surface area contributed by atoms with Crippen LogP contribution in [0, 0.1) is 0 Å². The first-order valence-corrected chi connectivity index (χ1v) is 23.1. The second kappa shape index (κ2) is 42.3. The van der Waals surface area contributed by atoms with Gasteiger partial charge in [-0.25, -0.2) is 4.57 Å². The lowest BCUT2D eigenvalue weighted by Gasteiger charge is -2.19. The zero-order chi connectivity index (χ0) is 41.8. The highest BCUT2D eigenvalue weighted by atomic mass is 31.2. The molecule has 8 nitrogen and oxygen atoms in total. The molecule has 0 fully saturated rings. The smallest absolute Gasteiger partial charge is 0.462 e. The van der Waals surface area contributed by atoms with Gasteiger partial charge in [-0.2, -0.15) is 0 Å². The fourth-order valence-electron chi connectivity index (χ4n) is 5.27. The highest BCUT2D eigenvalue weighted by Gasteiger charge is 2.24. The molecule has 9 heteroatoms. The zero-order valence-electron chi connectivity index (χ0n) is 35.7. The quantitative estimate of drug-likeness (QED) is 0.0284. The number of phosphoric ester groups is 1. The molecular weight excluding hydrogens is 735 g/mol. The highest BCUT2D eigenvalue weighted by molar-refractivity contribution is 7.47. The van der Waals surface area contributed by atoms with Crippen LogP contribution in [0.3, 0.4) is 0 Å². The lowest BCUT2D eigenvalue weighted by atomic mass is 10.1. The summed E-state index contributed by atoms with van der Waals surface area (Å²) in [5.41, 5.74) is 0. The van der Waals surface area contributed by atoms with Crippen molar-refractivity contribution < 1.29 is 37.6 Å². The molecule has 0 aliphatic carbocycles. The molecule has 57 heavy (non-hydrogen) atoms. The van der Waals surface area contributed by atoms with E-state index in [2.05, 4.69) is 122 Å². The molecule has 2 atom stereocenters. The van der Waals surface area contributed by atoms with Crippen LogP contribution >= 0.6 is 7.82 Å². The van der Waals surface area contributed by atoms with Gasteiger partial charge in [0.2, 0.25) is 0 Å². The van der Waals surface area contributed by atoms with E-state index in [0.29, 0.717) is 12.8 Å². The molecule has 2 unspecified atom stereocenters. The van der Waals surface area contributed by atoms with Crippen LogP contribution in [0.2, 0.25) is 0 Å². The summed E-state index contributed by atoms with van der Waals surface area (Å²) in [6, 6.07) is 0. The number of esters is 2. The summed E-state index contributed by atoms with van der Waals surface area (Å²) in [5.74, 6) is -0.892. The van der Waals surface area contributed by atoms with Crippen molar-refractivity contribution in [2.24, 2.45) is 0 Å². The van der Waals surface area contributed by atoms with Crippen molar-refractivity contribution in [1.82, 2.24) is 0 Å². The SMILES string of the molecule is CC/C=C\C/C=C\C/C=C\C/C=C\C/C=C\CCCC(=O)OC(COC(=O)CCCCCCCCCC/C=C\C/C=C\C/C=C\C/C=C\CC)COP(=O)(O)OC. The number of allylic oxidation sites excluding steroid dienone is 18. The molecule has 1 N–H and O–H groups in total. The number of rotatable bonds is 38. The molecule has 0 saturated carbocycles. The van der Waals surface area contributed by atoms with Gasteiger partial charge in [0.1, 0.15) is 6.61 Å².